The maximum absolute atomic E-state index is 11.9. The molecule has 0 aromatic carbocycles. The Kier molecular flexibility index (Phi) is 23.0. The molecule has 0 N–H and O–H groups in total. The fourth-order valence-corrected chi connectivity index (χ4v) is 2.95. The molecule has 0 spiro atoms. The van der Waals surface area contributed by atoms with E-state index in [9.17, 15) is 9.59 Å². The number of hydrogen-bond donors (Lipinski definition) is 0. The highest BCUT2D eigenvalue weighted by atomic mass is 16.7. The molecule has 33 heavy (non-hydrogen) atoms. The van der Waals surface area contributed by atoms with Gasteiger partial charge in [-0.25, -0.2) is 0 Å². The summed E-state index contributed by atoms with van der Waals surface area (Å²) in [5.41, 5.74) is 0. The van der Waals surface area contributed by atoms with Gasteiger partial charge in [-0.1, -0.05) is 52.4 Å². The second kappa shape index (κ2) is 23.9. The predicted molar refractivity (Wildman–Crippen MR) is 127 cm³/mol. The van der Waals surface area contributed by atoms with Crippen molar-refractivity contribution < 1.29 is 38.0 Å². The van der Waals surface area contributed by atoms with E-state index in [1.165, 1.54) is 38.5 Å². The number of esters is 2. The zero-order valence-corrected chi connectivity index (χ0v) is 21.4. The molecular formula is C25H48O8. The molecule has 0 aromatic heterocycles. The minimum absolute atomic E-state index is 0.123. The lowest BCUT2D eigenvalue weighted by molar-refractivity contribution is -0.178. The van der Waals surface area contributed by atoms with Crippen LogP contribution < -0.4 is 0 Å². The summed E-state index contributed by atoms with van der Waals surface area (Å²) >= 11 is 0. The standard InChI is InChI=1S/C25H48O8/c1-5-7-9-11-16-28-18-20-30-22(3)32-24(26)14-13-15-25(27)33-23(4)31-21-19-29-17-12-10-8-6-2/h22-23H,5-21H2,1-4H3. The van der Waals surface area contributed by atoms with Crippen LogP contribution in [0.25, 0.3) is 0 Å². The van der Waals surface area contributed by atoms with E-state index < -0.39 is 24.5 Å². The van der Waals surface area contributed by atoms with Crippen LogP contribution >= 0.6 is 0 Å². The quantitative estimate of drug-likeness (QED) is 0.107. The first-order valence-corrected chi connectivity index (χ1v) is 12.8. The Morgan fingerprint density at radius 1 is 0.545 bits per heavy atom. The molecule has 0 aromatic rings. The van der Waals surface area contributed by atoms with Crippen molar-refractivity contribution in [3.05, 3.63) is 0 Å². The summed E-state index contributed by atoms with van der Waals surface area (Å²) in [4.78, 5) is 23.7. The van der Waals surface area contributed by atoms with Crippen LogP contribution in [-0.4, -0.2) is 64.2 Å². The van der Waals surface area contributed by atoms with Crippen molar-refractivity contribution in [1.29, 1.82) is 0 Å². The molecule has 0 aliphatic carbocycles. The molecule has 0 rings (SSSR count). The summed E-state index contributed by atoms with van der Waals surface area (Å²) in [6.45, 7) is 10.8. The second-order valence-electron chi connectivity index (χ2n) is 8.06. The number of ether oxygens (including phenoxy) is 6. The Balaban J connectivity index is 3.58. The third-order valence-electron chi connectivity index (χ3n) is 4.80. The molecule has 8 heteroatoms. The highest BCUT2D eigenvalue weighted by molar-refractivity contribution is 5.72. The van der Waals surface area contributed by atoms with Crippen molar-refractivity contribution in [3.8, 4) is 0 Å². The molecule has 8 nitrogen and oxygen atoms in total. The van der Waals surface area contributed by atoms with Gasteiger partial charge in [0.15, 0.2) is 12.6 Å². The molecule has 2 unspecified atom stereocenters. The van der Waals surface area contributed by atoms with Crippen LogP contribution in [-0.2, 0) is 38.0 Å². The van der Waals surface area contributed by atoms with Gasteiger partial charge in [0.25, 0.3) is 0 Å². The molecule has 0 amide bonds. The Morgan fingerprint density at radius 2 is 0.970 bits per heavy atom. The summed E-state index contributed by atoms with van der Waals surface area (Å²) in [7, 11) is 0. The van der Waals surface area contributed by atoms with E-state index in [1.807, 2.05) is 0 Å². The number of hydrogen-bond acceptors (Lipinski definition) is 8. The van der Waals surface area contributed by atoms with Gasteiger partial charge in [0.2, 0.25) is 0 Å². The van der Waals surface area contributed by atoms with E-state index in [0.717, 1.165) is 26.1 Å². The van der Waals surface area contributed by atoms with Gasteiger partial charge in [0.1, 0.15) is 0 Å². The summed E-state index contributed by atoms with van der Waals surface area (Å²) in [6, 6.07) is 0. The van der Waals surface area contributed by atoms with E-state index >= 15 is 0 Å². The summed E-state index contributed by atoms with van der Waals surface area (Å²) < 4.78 is 32.1. The van der Waals surface area contributed by atoms with E-state index in [-0.39, 0.29) is 12.8 Å². The lowest BCUT2D eigenvalue weighted by atomic mass is 10.2. The Labute approximate surface area is 201 Å². The van der Waals surface area contributed by atoms with E-state index in [0.29, 0.717) is 32.8 Å². The number of rotatable bonds is 24. The Bertz CT molecular complexity index is 418. The fourth-order valence-electron chi connectivity index (χ4n) is 2.95. The van der Waals surface area contributed by atoms with Gasteiger partial charge < -0.3 is 28.4 Å². The summed E-state index contributed by atoms with van der Waals surface area (Å²) in [6.07, 6.45) is 8.64. The van der Waals surface area contributed by atoms with Gasteiger partial charge in [-0.2, -0.15) is 0 Å². The van der Waals surface area contributed by atoms with Crippen LogP contribution in [0.15, 0.2) is 0 Å². The average molecular weight is 477 g/mol. The van der Waals surface area contributed by atoms with Gasteiger partial charge in [0.05, 0.1) is 26.4 Å². The SMILES string of the molecule is CCCCCCOCCOC(C)OC(=O)CCCC(=O)OC(C)OCCOCCCCCC. The highest BCUT2D eigenvalue weighted by Gasteiger charge is 2.13. The zero-order valence-electron chi connectivity index (χ0n) is 21.4. The van der Waals surface area contributed by atoms with Crippen LogP contribution in [0, 0.1) is 0 Å². The highest BCUT2D eigenvalue weighted by Crippen LogP contribution is 2.06. The molecule has 0 heterocycles. The summed E-state index contributed by atoms with van der Waals surface area (Å²) in [5.74, 6) is -0.813. The van der Waals surface area contributed by atoms with Gasteiger partial charge >= 0.3 is 11.9 Å². The number of unbranched alkanes of at least 4 members (excludes halogenated alkanes) is 6. The van der Waals surface area contributed by atoms with Crippen LogP contribution in [0.3, 0.4) is 0 Å². The van der Waals surface area contributed by atoms with E-state index in [1.54, 1.807) is 13.8 Å². The molecule has 0 aliphatic heterocycles. The third kappa shape index (κ3) is 23.7. The normalized spacial score (nSPS) is 13.0. The predicted octanol–water partition coefficient (Wildman–Crippen LogP) is 5.16. The zero-order chi connectivity index (χ0) is 24.6. The first-order valence-electron chi connectivity index (χ1n) is 12.8. The van der Waals surface area contributed by atoms with Crippen LogP contribution in [0.4, 0.5) is 0 Å². The van der Waals surface area contributed by atoms with Gasteiger partial charge in [0, 0.05) is 26.1 Å². The van der Waals surface area contributed by atoms with Crippen molar-refractivity contribution >= 4 is 11.9 Å². The fraction of sp³-hybridized carbons (Fsp3) is 0.920. The minimum atomic E-state index is -0.643. The molecule has 0 saturated heterocycles. The maximum Gasteiger partial charge on any atom is 0.308 e. The maximum atomic E-state index is 11.9. The molecule has 2 atom stereocenters. The Hall–Kier alpha value is -1.22. The first kappa shape index (κ1) is 31.8. The van der Waals surface area contributed by atoms with Crippen LogP contribution in [0.1, 0.15) is 98.3 Å². The van der Waals surface area contributed by atoms with Crippen molar-refractivity contribution in [2.45, 2.75) is 111 Å². The largest absolute Gasteiger partial charge is 0.436 e. The minimum Gasteiger partial charge on any atom is -0.436 e. The van der Waals surface area contributed by atoms with Gasteiger partial charge in [-0.05, 0) is 33.1 Å². The van der Waals surface area contributed by atoms with Gasteiger partial charge in [-0.15, -0.1) is 0 Å². The first-order chi connectivity index (χ1) is 16.0. The van der Waals surface area contributed by atoms with Crippen molar-refractivity contribution in [2.75, 3.05) is 39.6 Å². The Morgan fingerprint density at radius 3 is 1.36 bits per heavy atom. The third-order valence-corrected chi connectivity index (χ3v) is 4.80. The molecule has 196 valence electrons. The molecule has 0 fully saturated rings. The van der Waals surface area contributed by atoms with E-state index in [2.05, 4.69) is 13.8 Å². The van der Waals surface area contributed by atoms with Gasteiger partial charge in [-0.3, -0.25) is 9.59 Å². The lowest BCUT2D eigenvalue weighted by Crippen LogP contribution is -2.21. The van der Waals surface area contributed by atoms with E-state index in [4.69, 9.17) is 28.4 Å². The smallest absolute Gasteiger partial charge is 0.308 e. The second-order valence-corrected chi connectivity index (χ2v) is 8.06. The molecule has 0 bridgehead atoms. The molecule has 0 radical (unpaired) electrons. The van der Waals surface area contributed by atoms with Crippen molar-refractivity contribution in [2.24, 2.45) is 0 Å². The summed E-state index contributed by atoms with van der Waals surface area (Å²) in [5, 5.41) is 0. The van der Waals surface area contributed by atoms with Crippen LogP contribution in [0.5, 0.6) is 0 Å². The number of carbonyl (C=O) groups is 2. The van der Waals surface area contributed by atoms with Crippen LogP contribution in [0.2, 0.25) is 0 Å². The number of carbonyl (C=O) groups excluding carboxylic acids is 2. The molecule has 0 aliphatic rings. The van der Waals surface area contributed by atoms with Crippen molar-refractivity contribution in [1.82, 2.24) is 0 Å². The average Bonchev–Trinajstić information content (AvgIpc) is 2.77. The van der Waals surface area contributed by atoms with Crippen molar-refractivity contribution in [3.63, 3.8) is 0 Å². The monoisotopic (exact) mass is 476 g/mol. The topological polar surface area (TPSA) is 89.5 Å². The molecule has 0 saturated carbocycles. The lowest BCUT2D eigenvalue weighted by Gasteiger charge is -2.15. The molecular weight excluding hydrogens is 428 g/mol.